The van der Waals surface area contributed by atoms with E-state index < -0.39 is 0 Å². The number of fused-ring (bicyclic) bond motifs is 1. The fourth-order valence-electron chi connectivity index (χ4n) is 4.04. The number of H-pyrrole nitrogens is 1. The minimum Gasteiger partial charge on any atom is -0.507 e. The largest absolute Gasteiger partial charge is 0.507 e. The number of para-hydroxylation sites is 1. The van der Waals surface area contributed by atoms with Crippen molar-refractivity contribution in [3.63, 3.8) is 0 Å². The number of aromatic hydroxyl groups is 1. The predicted octanol–water partition coefficient (Wildman–Crippen LogP) is 5.07. The lowest BCUT2D eigenvalue weighted by molar-refractivity contribution is 0.0308. The molecule has 0 radical (unpaired) electrons. The highest BCUT2D eigenvalue weighted by atomic mass is 16.7. The Morgan fingerprint density at radius 1 is 1.03 bits per heavy atom. The van der Waals surface area contributed by atoms with E-state index in [0.29, 0.717) is 23.9 Å². The van der Waals surface area contributed by atoms with E-state index in [1.807, 2.05) is 24.4 Å². The van der Waals surface area contributed by atoms with Crippen LogP contribution in [0.15, 0.2) is 60.8 Å². The molecule has 3 heterocycles. The third kappa shape index (κ3) is 3.24. The Morgan fingerprint density at radius 3 is 2.73 bits per heavy atom. The van der Waals surface area contributed by atoms with Crippen LogP contribution in [0.1, 0.15) is 25.5 Å². The van der Waals surface area contributed by atoms with Gasteiger partial charge in [0.15, 0.2) is 5.65 Å². The van der Waals surface area contributed by atoms with Gasteiger partial charge in [-0.05, 0) is 41.3 Å². The number of nitrogens with one attached hydrogen (secondary N) is 1. The minimum absolute atomic E-state index is 0.0439. The highest BCUT2D eigenvalue weighted by Crippen LogP contribution is 2.36. The summed E-state index contributed by atoms with van der Waals surface area (Å²) in [5.74, 6) is 0.569. The number of hydrogen-bond donors (Lipinski definition) is 2. The second-order valence-corrected chi connectivity index (χ2v) is 7.92. The Labute approximate surface area is 174 Å². The van der Waals surface area contributed by atoms with Crippen LogP contribution in [-0.2, 0) is 9.47 Å². The van der Waals surface area contributed by atoms with Gasteiger partial charge >= 0.3 is 0 Å². The molecule has 0 aliphatic carbocycles. The number of rotatable bonds is 4. The molecule has 1 fully saturated rings. The molecule has 30 heavy (non-hydrogen) atoms. The molecule has 0 saturated carbocycles. The van der Waals surface area contributed by atoms with Gasteiger partial charge in [-0.1, -0.05) is 44.2 Å². The Morgan fingerprint density at radius 2 is 1.90 bits per heavy atom. The van der Waals surface area contributed by atoms with Crippen LogP contribution in [0.3, 0.4) is 0 Å². The topological polar surface area (TPSA) is 80.3 Å². The molecule has 1 unspecified atom stereocenters. The van der Waals surface area contributed by atoms with Gasteiger partial charge in [0.2, 0.25) is 0 Å². The van der Waals surface area contributed by atoms with Crippen molar-refractivity contribution in [3.8, 4) is 28.1 Å². The van der Waals surface area contributed by atoms with Crippen LogP contribution in [-0.4, -0.2) is 33.2 Å². The number of aromatic amines is 1. The normalized spacial score (nSPS) is 19.0. The van der Waals surface area contributed by atoms with Crippen LogP contribution in [0, 0.1) is 5.92 Å². The first-order valence-corrected chi connectivity index (χ1v) is 10.1. The highest BCUT2D eigenvalue weighted by Gasteiger charge is 2.33. The van der Waals surface area contributed by atoms with Crippen LogP contribution in [0.2, 0.25) is 0 Å². The summed E-state index contributed by atoms with van der Waals surface area (Å²) in [4.78, 5) is 4.52. The first-order chi connectivity index (χ1) is 14.6. The van der Waals surface area contributed by atoms with Crippen LogP contribution >= 0.6 is 0 Å². The average molecular weight is 401 g/mol. The summed E-state index contributed by atoms with van der Waals surface area (Å²) in [5, 5.41) is 18.4. The fourth-order valence-corrected chi connectivity index (χ4v) is 4.04. The van der Waals surface area contributed by atoms with Gasteiger partial charge in [0.05, 0.1) is 11.8 Å². The van der Waals surface area contributed by atoms with Gasteiger partial charge in [-0.15, -0.1) is 0 Å². The first kappa shape index (κ1) is 18.8. The van der Waals surface area contributed by atoms with E-state index in [1.54, 1.807) is 12.1 Å². The van der Waals surface area contributed by atoms with Gasteiger partial charge in [0.25, 0.3) is 0 Å². The summed E-state index contributed by atoms with van der Waals surface area (Å²) in [6, 6.07) is 17.6. The summed E-state index contributed by atoms with van der Waals surface area (Å²) < 4.78 is 11.7. The van der Waals surface area contributed by atoms with Crippen molar-refractivity contribution in [2.45, 2.75) is 26.1 Å². The van der Waals surface area contributed by atoms with Crippen molar-refractivity contribution in [2.75, 3.05) is 6.79 Å². The molecule has 152 valence electrons. The van der Waals surface area contributed by atoms with Gasteiger partial charge in [0.1, 0.15) is 18.6 Å². The second-order valence-electron chi connectivity index (χ2n) is 7.92. The standard InChI is InChI=1S/C24H23N3O3/c1-14(2)22-23(30-13-29-22)16-7-5-6-15(10-16)17-11-19-21(26-27-24(19)25-12-17)18-8-3-4-9-20(18)28/h3-12,14,22-23,28H,13H2,1-2H3,(H,25,26,27)/t22?,23-/m0/s1. The number of phenols is 1. The van der Waals surface area contributed by atoms with Crippen molar-refractivity contribution in [3.05, 3.63) is 66.4 Å². The molecule has 1 saturated heterocycles. The Hall–Kier alpha value is -3.22. The smallest absolute Gasteiger partial charge is 0.181 e. The summed E-state index contributed by atoms with van der Waals surface area (Å²) in [6.45, 7) is 4.62. The van der Waals surface area contributed by atoms with Gasteiger partial charge in [0, 0.05) is 22.7 Å². The second kappa shape index (κ2) is 7.55. The zero-order valence-corrected chi connectivity index (χ0v) is 16.9. The van der Waals surface area contributed by atoms with Gasteiger partial charge in [-0.25, -0.2) is 4.98 Å². The fraction of sp³-hybridized carbons (Fsp3) is 0.250. The van der Waals surface area contributed by atoms with Crippen molar-refractivity contribution in [1.29, 1.82) is 0 Å². The molecule has 6 heteroatoms. The molecular weight excluding hydrogens is 378 g/mol. The molecule has 1 aliphatic heterocycles. The van der Waals surface area contributed by atoms with E-state index >= 15 is 0 Å². The van der Waals surface area contributed by atoms with Crippen molar-refractivity contribution in [1.82, 2.24) is 15.2 Å². The lowest BCUT2D eigenvalue weighted by Crippen LogP contribution is -2.21. The van der Waals surface area contributed by atoms with E-state index in [9.17, 15) is 5.11 Å². The van der Waals surface area contributed by atoms with E-state index in [-0.39, 0.29) is 18.0 Å². The number of aromatic nitrogens is 3. The van der Waals surface area contributed by atoms with E-state index in [1.165, 1.54) is 0 Å². The third-order valence-corrected chi connectivity index (χ3v) is 5.60. The van der Waals surface area contributed by atoms with E-state index in [0.717, 1.165) is 27.8 Å². The summed E-state index contributed by atoms with van der Waals surface area (Å²) in [5.41, 5.74) is 5.18. The Bertz CT molecular complexity index is 1200. The average Bonchev–Trinajstić information content (AvgIpc) is 3.41. The third-order valence-electron chi connectivity index (χ3n) is 5.60. The molecule has 6 nitrogen and oxygen atoms in total. The molecule has 2 atom stereocenters. The molecule has 2 aromatic carbocycles. The SMILES string of the molecule is CC(C)C1OCO[C@H]1c1cccc(-c2cnc3n[nH]c(-c4ccccc4O)c3c2)c1. The molecule has 0 amide bonds. The van der Waals surface area contributed by atoms with Gasteiger partial charge < -0.3 is 14.6 Å². The number of phenolic OH excluding ortho intramolecular Hbond substituents is 1. The number of ether oxygens (including phenoxy) is 2. The van der Waals surface area contributed by atoms with Crippen molar-refractivity contribution < 1.29 is 14.6 Å². The maximum atomic E-state index is 10.3. The monoisotopic (exact) mass is 401 g/mol. The lowest BCUT2D eigenvalue weighted by atomic mass is 9.94. The molecule has 2 aromatic heterocycles. The molecule has 0 bridgehead atoms. The van der Waals surface area contributed by atoms with Gasteiger partial charge in [-0.3, -0.25) is 5.10 Å². The maximum absolute atomic E-state index is 10.3. The molecule has 1 aliphatic rings. The van der Waals surface area contributed by atoms with Crippen LogP contribution in [0.4, 0.5) is 0 Å². The molecule has 5 rings (SSSR count). The highest BCUT2D eigenvalue weighted by molar-refractivity contribution is 5.94. The minimum atomic E-state index is -0.0765. The Kier molecular flexibility index (Phi) is 4.73. The number of hydrogen-bond acceptors (Lipinski definition) is 5. The number of benzene rings is 2. The zero-order chi connectivity index (χ0) is 20.7. The zero-order valence-electron chi connectivity index (χ0n) is 16.9. The van der Waals surface area contributed by atoms with Crippen LogP contribution in [0.25, 0.3) is 33.4 Å². The molecular formula is C24H23N3O3. The summed E-state index contributed by atoms with van der Waals surface area (Å²) in [6.07, 6.45) is 1.79. The molecule has 0 spiro atoms. The quantitative estimate of drug-likeness (QED) is 0.499. The van der Waals surface area contributed by atoms with Crippen molar-refractivity contribution >= 4 is 11.0 Å². The molecule has 4 aromatic rings. The lowest BCUT2D eigenvalue weighted by Gasteiger charge is -2.21. The van der Waals surface area contributed by atoms with Crippen molar-refractivity contribution in [2.24, 2.45) is 5.92 Å². The first-order valence-electron chi connectivity index (χ1n) is 10.1. The number of pyridine rings is 1. The van der Waals surface area contributed by atoms with E-state index in [2.05, 4.69) is 53.3 Å². The van der Waals surface area contributed by atoms with Crippen LogP contribution in [0.5, 0.6) is 5.75 Å². The number of nitrogens with zero attached hydrogens (tertiary/aromatic N) is 2. The van der Waals surface area contributed by atoms with E-state index in [4.69, 9.17) is 9.47 Å². The summed E-state index contributed by atoms with van der Waals surface area (Å²) in [7, 11) is 0. The van der Waals surface area contributed by atoms with Gasteiger partial charge in [-0.2, -0.15) is 5.10 Å². The van der Waals surface area contributed by atoms with Crippen LogP contribution < -0.4 is 0 Å². The molecule has 2 N–H and O–H groups in total. The predicted molar refractivity (Wildman–Crippen MR) is 115 cm³/mol. The summed E-state index contributed by atoms with van der Waals surface area (Å²) >= 11 is 0. The Balaban J connectivity index is 1.56. The maximum Gasteiger partial charge on any atom is 0.181 e.